The first-order valence-corrected chi connectivity index (χ1v) is 6.64. The number of carboxylic acids is 1. The fourth-order valence-corrected chi connectivity index (χ4v) is 2.42. The van der Waals surface area contributed by atoms with Gasteiger partial charge in [0.1, 0.15) is 11.4 Å². The molecule has 2 aromatic carbocycles. The third-order valence-electron chi connectivity index (χ3n) is 3.48. The van der Waals surface area contributed by atoms with Crippen LogP contribution in [0.2, 0.25) is 0 Å². The second kappa shape index (κ2) is 5.37. The Bertz CT molecular complexity index is 865. The Morgan fingerprint density at radius 1 is 1.09 bits per heavy atom. The van der Waals surface area contributed by atoms with Gasteiger partial charge < -0.3 is 14.8 Å². The SMILES string of the molecule is COc1ccc2[nH]c(C(=O)c3ccccc3)c(C(=O)O)c2c1. The maximum absolute atomic E-state index is 12.6. The molecule has 1 heterocycles. The summed E-state index contributed by atoms with van der Waals surface area (Å²) in [5.74, 6) is -0.973. The van der Waals surface area contributed by atoms with Gasteiger partial charge in [0.05, 0.1) is 12.7 Å². The molecule has 2 N–H and O–H groups in total. The van der Waals surface area contributed by atoms with Crippen LogP contribution in [0.5, 0.6) is 5.75 Å². The third kappa shape index (κ3) is 2.22. The Labute approximate surface area is 126 Å². The molecule has 5 nitrogen and oxygen atoms in total. The molecular weight excluding hydrogens is 282 g/mol. The average Bonchev–Trinajstić information content (AvgIpc) is 2.93. The minimum atomic E-state index is -1.15. The van der Waals surface area contributed by atoms with E-state index in [1.807, 2.05) is 0 Å². The Balaban J connectivity index is 2.23. The normalized spacial score (nSPS) is 10.6. The zero-order chi connectivity index (χ0) is 15.7. The molecule has 5 heteroatoms. The van der Waals surface area contributed by atoms with Crippen molar-refractivity contribution in [1.29, 1.82) is 0 Å². The molecule has 3 aromatic rings. The lowest BCUT2D eigenvalue weighted by Crippen LogP contribution is -2.08. The molecule has 1 aromatic heterocycles. The molecule has 3 rings (SSSR count). The Morgan fingerprint density at radius 3 is 2.45 bits per heavy atom. The van der Waals surface area contributed by atoms with Gasteiger partial charge >= 0.3 is 5.97 Å². The van der Waals surface area contributed by atoms with Crippen molar-refractivity contribution in [2.75, 3.05) is 7.11 Å². The average molecular weight is 295 g/mol. The quantitative estimate of drug-likeness (QED) is 0.725. The summed E-state index contributed by atoms with van der Waals surface area (Å²) in [6.45, 7) is 0. The van der Waals surface area contributed by atoms with Crippen molar-refractivity contribution < 1.29 is 19.4 Å². The summed E-state index contributed by atoms with van der Waals surface area (Å²) >= 11 is 0. The molecule has 0 fully saturated rings. The lowest BCUT2D eigenvalue weighted by atomic mass is 10.0. The van der Waals surface area contributed by atoms with E-state index in [0.29, 0.717) is 22.2 Å². The Hall–Kier alpha value is -3.08. The topological polar surface area (TPSA) is 79.4 Å². The van der Waals surface area contributed by atoms with Gasteiger partial charge in [-0.05, 0) is 18.2 Å². The predicted octanol–water partition coefficient (Wildman–Crippen LogP) is 3.11. The number of aromatic carboxylic acids is 1. The van der Waals surface area contributed by atoms with Crippen molar-refractivity contribution in [1.82, 2.24) is 4.98 Å². The summed E-state index contributed by atoms with van der Waals surface area (Å²) in [6, 6.07) is 13.6. The van der Waals surface area contributed by atoms with Gasteiger partial charge in [-0.15, -0.1) is 0 Å². The number of methoxy groups -OCH3 is 1. The number of benzene rings is 2. The zero-order valence-corrected chi connectivity index (χ0v) is 11.8. The number of carboxylic acid groups (broad SMARTS) is 1. The highest BCUT2D eigenvalue weighted by Crippen LogP contribution is 2.28. The molecule has 0 aliphatic rings. The number of carbonyl (C=O) groups excluding carboxylic acids is 1. The first-order valence-electron chi connectivity index (χ1n) is 6.64. The lowest BCUT2D eigenvalue weighted by Gasteiger charge is -2.01. The molecular formula is C17H13NO4. The number of nitrogens with one attached hydrogen (secondary N) is 1. The molecule has 0 amide bonds. The zero-order valence-electron chi connectivity index (χ0n) is 11.8. The Kier molecular flexibility index (Phi) is 3.39. The maximum Gasteiger partial charge on any atom is 0.338 e. The number of aromatic amines is 1. The second-order valence-electron chi connectivity index (χ2n) is 4.79. The van der Waals surface area contributed by atoms with Gasteiger partial charge in [-0.3, -0.25) is 4.79 Å². The van der Waals surface area contributed by atoms with E-state index in [4.69, 9.17) is 4.74 Å². The van der Waals surface area contributed by atoms with Crippen molar-refractivity contribution in [3.8, 4) is 5.75 Å². The van der Waals surface area contributed by atoms with Gasteiger partial charge in [-0.25, -0.2) is 4.79 Å². The van der Waals surface area contributed by atoms with Crippen molar-refractivity contribution in [3.63, 3.8) is 0 Å². The number of ether oxygens (including phenoxy) is 1. The van der Waals surface area contributed by atoms with Gasteiger partial charge in [-0.1, -0.05) is 30.3 Å². The largest absolute Gasteiger partial charge is 0.497 e. The van der Waals surface area contributed by atoms with E-state index in [1.54, 1.807) is 48.5 Å². The van der Waals surface area contributed by atoms with Crippen molar-refractivity contribution in [3.05, 3.63) is 65.4 Å². The van der Waals surface area contributed by atoms with Crippen LogP contribution in [0.4, 0.5) is 0 Å². The molecule has 0 radical (unpaired) electrons. The van der Waals surface area contributed by atoms with Crippen LogP contribution in [0.25, 0.3) is 10.9 Å². The summed E-state index contributed by atoms with van der Waals surface area (Å²) in [7, 11) is 1.50. The number of fused-ring (bicyclic) bond motifs is 1. The highest BCUT2D eigenvalue weighted by molar-refractivity contribution is 6.18. The van der Waals surface area contributed by atoms with E-state index in [2.05, 4.69) is 4.98 Å². The summed E-state index contributed by atoms with van der Waals surface area (Å²) in [5, 5.41) is 9.95. The van der Waals surface area contributed by atoms with Crippen LogP contribution in [0, 0.1) is 0 Å². The first-order chi connectivity index (χ1) is 10.6. The van der Waals surface area contributed by atoms with E-state index in [9.17, 15) is 14.7 Å². The number of carbonyl (C=O) groups is 2. The van der Waals surface area contributed by atoms with E-state index in [-0.39, 0.29) is 17.0 Å². The molecule has 0 spiro atoms. The summed E-state index contributed by atoms with van der Waals surface area (Å²) in [6.07, 6.45) is 0. The van der Waals surface area contributed by atoms with Crippen LogP contribution in [0.15, 0.2) is 48.5 Å². The van der Waals surface area contributed by atoms with E-state index >= 15 is 0 Å². The monoisotopic (exact) mass is 295 g/mol. The molecule has 0 saturated carbocycles. The molecule has 22 heavy (non-hydrogen) atoms. The van der Waals surface area contributed by atoms with E-state index in [0.717, 1.165) is 0 Å². The molecule has 0 saturated heterocycles. The van der Waals surface area contributed by atoms with Crippen molar-refractivity contribution in [2.24, 2.45) is 0 Å². The lowest BCUT2D eigenvalue weighted by molar-refractivity contribution is 0.0695. The molecule has 0 bridgehead atoms. The third-order valence-corrected chi connectivity index (χ3v) is 3.48. The highest BCUT2D eigenvalue weighted by atomic mass is 16.5. The number of aromatic nitrogens is 1. The van der Waals surface area contributed by atoms with Crippen LogP contribution in [-0.2, 0) is 0 Å². The van der Waals surface area contributed by atoms with Gasteiger partial charge in [0.2, 0.25) is 5.78 Å². The summed E-state index contributed by atoms with van der Waals surface area (Å²) < 4.78 is 5.12. The number of H-pyrrole nitrogens is 1. The van der Waals surface area contributed by atoms with Gasteiger partial charge in [-0.2, -0.15) is 0 Å². The number of ketones is 1. The van der Waals surface area contributed by atoms with Crippen molar-refractivity contribution >= 4 is 22.7 Å². The van der Waals surface area contributed by atoms with Crippen LogP contribution in [0.1, 0.15) is 26.4 Å². The minimum Gasteiger partial charge on any atom is -0.497 e. The van der Waals surface area contributed by atoms with Gasteiger partial charge in [0, 0.05) is 16.5 Å². The number of hydrogen-bond donors (Lipinski definition) is 2. The maximum atomic E-state index is 12.6. The van der Waals surface area contributed by atoms with Gasteiger partial charge in [0.25, 0.3) is 0 Å². The first kappa shape index (κ1) is 13.9. The number of hydrogen-bond acceptors (Lipinski definition) is 3. The Morgan fingerprint density at radius 2 is 1.82 bits per heavy atom. The summed E-state index contributed by atoms with van der Waals surface area (Å²) in [4.78, 5) is 27.1. The van der Waals surface area contributed by atoms with Crippen LogP contribution in [0.3, 0.4) is 0 Å². The minimum absolute atomic E-state index is 0.0391. The van der Waals surface area contributed by atoms with E-state index < -0.39 is 5.97 Å². The van der Waals surface area contributed by atoms with Crippen LogP contribution < -0.4 is 4.74 Å². The van der Waals surface area contributed by atoms with Crippen molar-refractivity contribution in [2.45, 2.75) is 0 Å². The molecule has 0 atom stereocenters. The fourth-order valence-electron chi connectivity index (χ4n) is 2.42. The van der Waals surface area contributed by atoms with Crippen LogP contribution in [-0.4, -0.2) is 29.0 Å². The van der Waals surface area contributed by atoms with Crippen LogP contribution >= 0.6 is 0 Å². The predicted molar refractivity (Wildman–Crippen MR) is 81.7 cm³/mol. The second-order valence-corrected chi connectivity index (χ2v) is 4.79. The smallest absolute Gasteiger partial charge is 0.338 e. The number of rotatable bonds is 4. The summed E-state index contributed by atoms with van der Waals surface area (Å²) in [5.41, 5.74) is 1.05. The van der Waals surface area contributed by atoms with E-state index in [1.165, 1.54) is 7.11 Å². The molecule has 110 valence electrons. The highest BCUT2D eigenvalue weighted by Gasteiger charge is 2.23. The fraction of sp³-hybridized carbons (Fsp3) is 0.0588. The standard InChI is InChI=1S/C17H13NO4/c1-22-11-7-8-13-12(9-11)14(17(20)21)15(18-13)16(19)10-5-3-2-4-6-10/h2-9,18H,1H3,(H,20,21). The molecule has 0 aliphatic carbocycles. The molecule has 0 unspecified atom stereocenters. The molecule has 0 aliphatic heterocycles. The van der Waals surface area contributed by atoms with Gasteiger partial charge in [0.15, 0.2) is 0 Å².